The van der Waals surface area contributed by atoms with Crippen LogP contribution in [-0.2, 0) is 13.1 Å². The number of halogens is 2. The Bertz CT molecular complexity index is 761. The monoisotopic (exact) mass is 502 g/mol. The van der Waals surface area contributed by atoms with Crippen molar-refractivity contribution in [1.29, 1.82) is 0 Å². The lowest BCUT2D eigenvalue weighted by molar-refractivity contribution is 0.475. The lowest BCUT2D eigenvalue weighted by atomic mass is 10.2. The molecule has 0 atom stereocenters. The minimum atomic E-state index is 0. The highest BCUT2D eigenvalue weighted by molar-refractivity contribution is 14.0. The fourth-order valence-electron chi connectivity index (χ4n) is 2.63. The largest absolute Gasteiger partial charge is 0.357 e. The quantitative estimate of drug-likeness (QED) is 0.257. The summed E-state index contributed by atoms with van der Waals surface area (Å²) >= 11 is 5.94. The van der Waals surface area contributed by atoms with Gasteiger partial charge in [-0.1, -0.05) is 29.8 Å². The van der Waals surface area contributed by atoms with Crippen LogP contribution in [0.4, 0.5) is 0 Å². The van der Waals surface area contributed by atoms with Crippen LogP contribution < -0.4 is 10.9 Å². The van der Waals surface area contributed by atoms with Gasteiger partial charge in [0.1, 0.15) is 0 Å². The predicted octanol–water partition coefficient (Wildman–Crippen LogP) is 4.00. The van der Waals surface area contributed by atoms with Crippen molar-refractivity contribution in [3.8, 4) is 0 Å². The third kappa shape index (κ3) is 8.34. The first-order chi connectivity index (χ1) is 12.6. The van der Waals surface area contributed by atoms with Gasteiger partial charge in [0, 0.05) is 50.5 Å². The SMILES string of the molecule is CCNC(=NCCCCn1ccccc1=O)N(C)Cc1ccc(Cl)cc1.I. The van der Waals surface area contributed by atoms with Gasteiger partial charge in [-0.15, -0.1) is 24.0 Å². The highest BCUT2D eigenvalue weighted by Crippen LogP contribution is 2.11. The standard InChI is InChI=1S/C20H27ClN4O.HI/c1-3-22-20(24(2)16-17-9-11-18(21)12-10-17)23-13-5-7-15-25-14-6-4-8-19(25)26;/h4,6,8-12,14H,3,5,7,13,15-16H2,1-2H3,(H,22,23);1H. The van der Waals surface area contributed by atoms with Crippen LogP contribution in [0.3, 0.4) is 0 Å². The summed E-state index contributed by atoms with van der Waals surface area (Å²) in [5, 5.41) is 4.07. The van der Waals surface area contributed by atoms with Crippen molar-refractivity contribution in [2.45, 2.75) is 32.9 Å². The zero-order valence-corrected chi connectivity index (χ0v) is 19.0. The van der Waals surface area contributed by atoms with E-state index in [0.29, 0.717) is 0 Å². The number of unbranched alkanes of at least 4 members (excludes halogenated alkanes) is 1. The summed E-state index contributed by atoms with van der Waals surface area (Å²) in [7, 11) is 2.03. The van der Waals surface area contributed by atoms with Crippen LogP contribution in [0.1, 0.15) is 25.3 Å². The summed E-state index contributed by atoms with van der Waals surface area (Å²) in [6.45, 7) is 5.11. The number of hydrogen-bond acceptors (Lipinski definition) is 2. The molecular formula is C20H28ClIN4O. The minimum Gasteiger partial charge on any atom is -0.357 e. The van der Waals surface area contributed by atoms with Crippen molar-refractivity contribution in [2.75, 3.05) is 20.1 Å². The Kier molecular flexibility index (Phi) is 11.1. The van der Waals surface area contributed by atoms with Crippen LogP contribution >= 0.6 is 35.6 Å². The molecule has 1 aromatic carbocycles. The van der Waals surface area contributed by atoms with E-state index in [1.54, 1.807) is 16.7 Å². The first-order valence-electron chi connectivity index (χ1n) is 8.99. The molecule has 2 rings (SSSR count). The van der Waals surface area contributed by atoms with Gasteiger partial charge in [0.15, 0.2) is 5.96 Å². The number of nitrogens with one attached hydrogen (secondary N) is 1. The van der Waals surface area contributed by atoms with Gasteiger partial charge in [-0.25, -0.2) is 0 Å². The molecule has 0 saturated heterocycles. The highest BCUT2D eigenvalue weighted by atomic mass is 127. The number of rotatable bonds is 8. The molecule has 27 heavy (non-hydrogen) atoms. The van der Waals surface area contributed by atoms with Crippen LogP contribution in [0.15, 0.2) is 58.4 Å². The zero-order valence-electron chi connectivity index (χ0n) is 15.9. The summed E-state index contributed by atoms with van der Waals surface area (Å²) in [5.41, 5.74) is 1.23. The van der Waals surface area contributed by atoms with Gasteiger partial charge in [0.2, 0.25) is 5.56 Å². The number of aryl methyl sites for hydroxylation is 1. The number of benzene rings is 1. The Labute approximate surface area is 183 Å². The second-order valence-corrected chi connectivity index (χ2v) is 6.59. The lowest BCUT2D eigenvalue weighted by Crippen LogP contribution is -2.38. The molecule has 0 spiro atoms. The molecule has 1 N–H and O–H groups in total. The molecule has 148 valence electrons. The van der Waals surface area contributed by atoms with Crippen molar-refractivity contribution in [2.24, 2.45) is 4.99 Å². The third-order valence-corrected chi connectivity index (χ3v) is 4.25. The molecule has 0 unspecified atom stereocenters. The second kappa shape index (κ2) is 12.8. The Morgan fingerprint density at radius 2 is 1.93 bits per heavy atom. The smallest absolute Gasteiger partial charge is 0.250 e. The van der Waals surface area contributed by atoms with Crippen LogP contribution in [0, 0.1) is 0 Å². The van der Waals surface area contributed by atoms with Gasteiger partial charge >= 0.3 is 0 Å². The maximum Gasteiger partial charge on any atom is 0.250 e. The molecular weight excluding hydrogens is 475 g/mol. The molecule has 0 amide bonds. The summed E-state index contributed by atoms with van der Waals surface area (Å²) in [6, 6.07) is 13.1. The van der Waals surface area contributed by atoms with Crippen LogP contribution in [-0.4, -0.2) is 35.6 Å². The predicted molar refractivity (Wildman–Crippen MR) is 124 cm³/mol. The van der Waals surface area contributed by atoms with E-state index in [1.807, 2.05) is 43.6 Å². The molecule has 2 aromatic rings. The van der Waals surface area contributed by atoms with E-state index < -0.39 is 0 Å². The van der Waals surface area contributed by atoms with Crippen LogP contribution in [0.5, 0.6) is 0 Å². The summed E-state index contributed by atoms with van der Waals surface area (Å²) in [5.74, 6) is 0.888. The van der Waals surface area contributed by atoms with E-state index in [4.69, 9.17) is 16.6 Å². The normalized spacial score (nSPS) is 11.0. The summed E-state index contributed by atoms with van der Waals surface area (Å²) in [4.78, 5) is 18.5. The average Bonchev–Trinajstić information content (AvgIpc) is 2.64. The van der Waals surface area contributed by atoms with Gasteiger partial charge in [-0.3, -0.25) is 9.79 Å². The number of hydrogen-bond donors (Lipinski definition) is 1. The fourth-order valence-corrected chi connectivity index (χ4v) is 2.76. The average molecular weight is 503 g/mol. The Morgan fingerprint density at radius 3 is 2.59 bits per heavy atom. The summed E-state index contributed by atoms with van der Waals surface area (Å²) in [6.07, 6.45) is 3.69. The lowest BCUT2D eigenvalue weighted by Gasteiger charge is -2.22. The molecule has 5 nitrogen and oxygen atoms in total. The van der Waals surface area contributed by atoms with Gasteiger partial charge in [0.05, 0.1) is 0 Å². The van der Waals surface area contributed by atoms with Crippen LogP contribution in [0.25, 0.3) is 0 Å². The van der Waals surface area contributed by atoms with Crippen molar-refractivity contribution in [1.82, 2.24) is 14.8 Å². The molecule has 0 aliphatic carbocycles. The van der Waals surface area contributed by atoms with E-state index in [-0.39, 0.29) is 29.5 Å². The topological polar surface area (TPSA) is 49.6 Å². The molecule has 1 aromatic heterocycles. The first kappa shape index (κ1) is 23.5. The molecule has 0 saturated carbocycles. The van der Waals surface area contributed by atoms with Crippen molar-refractivity contribution in [3.63, 3.8) is 0 Å². The number of aliphatic imine (C=N–C) groups is 1. The van der Waals surface area contributed by atoms with Crippen molar-refractivity contribution < 1.29 is 0 Å². The van der Waals surface area contributed by atoms with Gasteiger partial charge in [-0.2, -0.15) is 0 Å². The van der Waals surface area contributed by atoms with Gasteiger partial charge in [-0.05, 0) is 43.5 Å². The number of pyridine rings is 1. The first-order valence-corrected chi connectivity index (χ1v) is 9.37. The Hall–Kier alpha value is -1.54. The van der Waals surface area contributed by atoms with E-state index in [1.165, 1.54) is 5.56 Å². The highest BCUT2D eigenvalue weighted by Gasteiger charge is 2.06. The van der Waals surface area contributed by atoms with Crippen LogP contribution in [0.2, 0.25) is 5.02 Å². The fraction of sp³-hybridized carbons (Fsp3) is 0.400. The molecule has 0 fully saturated rings. The molecule has 0 aliphatic heterocycles. The maximum atomic E-state index is 11.7. The zero-order chi connectivity index (χ0) is 18.8. The van der Waals surface area contributed by atoms with E-state index in [2.05, 4.69) is 17.1 Å². The van der Waals surface area contributed by atoms with E-state index >= 15 is 0 Å². The maximum absolute atomic E-state index is 11.7. The van der Waals surface area contributed by atoms with E-state index in [9.17, 15) is 4.79 Å². The Balaban J connectivity index is 0.00000364. The minimum absolute atomic E-state index is 0. The Morgan fingerprint density at radius 1 is 1.19 bits per heavy atom. The number of nitrogens with zero attached hydrogens (tertiary/aromatic N) is 3. The molecule has 7 heteroatoms. The number of aromatic nitrogens is 1. The molecule has 0 bridgehead atoms. The molecule has 1 heterocycles. The van der Waals surface area contributed by atoms with Gasteiger partial charge in [0.25, 0.3) is 0 Å². The molecule has 0 aliphatic rings. The third-order valence-electron chi connectivity index (χ3n) is 4.00. The van der Waals surface area contributed by atoms with Crippen molar-refractivity contribution >= 4 is 41.5 Å². The van der Waals surface area contributed by atoms with Crippen molar-refractivity contribution in [3.05, 3.63) is 69.6 Å². The van der Waals surface area contributed by atoms with Gasteiger partial charge < -0.3 is 14.8 Å². The second-order valence-electron chi connectivity index (χ2n) is 6.16. The number of guanidine groups is 1. The molecule has 0 radical (unpaired) electrons. The van der Waals surface area contributed by atoms with E-state index in [0.717, 1.165) is 50.0 Å². The summed E-state index contributed by atoms with van der Waals surface area (Å²) < 4.78 is 1.74.